The standard InChI is InChI=1S/C18H25N3O4/c1-18(2,3)20-17(23)19-13-6-8-21(9-7-13)16(22)12-4-5-14-15(10-12)25-11-24-14/h4-5,10,13H,6-9,11H2,1-3H3,(H2,19,20,23). The van der Waals surface area contributed by atoms with Crippen LogP contribution in [0.2, 0.25) is 0 Å². The third-order valence-electron chi connectivity index (χ3n) is 4.23. The Hall–Kier alpha value is -2.44. The Morgan fingerprint density at radius 2 is 1.80 bits per heavy atom. The number of likely N-dealkylation sites (tertiary alicyclic amines) is 1. The van der Waals surface area contributed by atoms with Crippen LogP contribution in [0.15, 0.2) is 18.2 Å². The molecule has 7 heteroatoms. The summed E-state index contributed by atoms with van der Waals surface area (Å²) in [6.45, 7) is 7.26. The predicted octanol–water partition coefficient (Wildman–Crippen LogP) is 2.12. The highest BCUT2D eigenvalue weighted by Gasteiger charge is 2.26. The molecule has 0 aromatic heterocycles. The van der Waals surface area contributed by atoms with Gasteiger partial charge in [0, 0.05) is 30.2 Å². The molecule has 0 aliphatic carbocycles. The number of benzene rings is 1. The molecule has 0 saturated carbocycles. The largest absolute Gasteiger partial charge is 0.454 e. The number of nitrogens with zero attached hydrogens (tertiary/aromatic N) is 1. The van der Waals surface area contributed by atoms with Crippen molar-refractivity contribution in [3.63, 3.8) is 0 Å². The first-order valence-corrected chi connectivity index (χ1v) is 8.59. The number of amides is 3. The predicted molar refractivity (Wildman–Crippen MR) is 92.9 cm³/mol. The van der Waals surface area contributed by atoms with Crippen molar-refractivity contribution in [2.45, 2.75) is 45.2 Å². The van der Waals surface area contributed by atoms with Gasteiger partial charge in [0.15, 0.2) is 11.5 Å². The van der Waals surface area contributed by atoms with E-state index >= 15 is 0 Å². The summed E-state index contributed by atoms with van der Waals surface area (Å²) in [5, 5.41) is 5.88. The minimum atomic E-state index is -0.264. The van der Waals surface area contributed by atoms with E-state index in [-0.39, 0.29) is 30.3 Å². The fraction of sp³-hybridized carbons (Fsp3) is 0.556. The molecule has 1 aromatic rings. The third kappa shape index (κ3) is 4.35. The molecule has 0 unspecified atom stereocenters. The normalized spacial score (nSPS) is 17.3. The number of carbonyl (C=O) groups is 2. The van der Waals surface area contributed by atoms with Gasteiger partial charge in [-0.3, -0.25) is 4.79 Å². The van der Waals surface area contributed by atoms with Crippen LogP contribution in [0.5, 0.6) is 11.5 Å². The lowest BCUT2D eigenvalue weighted by atomic mass is 10.0. The number of carbonyl (C=O) groups excluding carboxylic acids is 2. The van der Waals surface area contributed by atoms with Crippen molar-refractivity contribution in [3.8, 4) is 11.5 Å². The Bertz CT molecular complexity index is 661. The van der Waals surface area contributed by atoms with Crippen LogP contribution >= 0.6 is 0 Å². The molecule has 3 rings (SSSR count). The second-order valence-corrected chi connectivity index (χ2v) is 7.48. The number of urea groups is 1. The van der Waals surface area contributed by atoms with Gasteiger partial charge >= 0.3 is 6.03 Å². The first-order valence-electron chi connectivity index (χ1n) is 8.59. The monoisotopic (exact) mass is 347 g/mol. The first-order chi connectivity index (χ1) is 11.8. The van der Waals surface area contributed by atoms with E-state index in [9.17, 15) is 9.59 Å². The Balaban J connectivity index is 1.52. The van der Waals surface area contributed by atoms with Gasteiger partial charge in [0.2, 0.25) is 6.79 Å². The van der Waals surface area contributed by atoms with Gasteiger partial charge in [-0.05, 0) is 51.8 Å². The van der Waals surface area contributed by atoms with Gasteiger partial charge in [0.05, 0.1) is 0 Å². The van der Waals surface area contributed by atoms with Gasteiger partial charge in [0.25, 0.3) is 5.91 Å². The molecule has 2 aliphatic heterocycles. The Morgan fingerprint density at radius 1 is 1.12 bits per heavy atom. The fourth-order valence-electron chi connectivity index (χ4n) is 3.00. The Kier molecular flexibility index (Phi) is 4.74. The molecule has 2 N–H and O–H groups in total. The topological polar surface area (TPSA) is 79.9 Å². The summed E-state index contributed by atoms with van der Waals surface area (Å²) >= 11 is 0. The van der Waals surface area contributed by atoms with Crippen LogP contribution in [-0.4, -0.2) is 48.3 Å². The molecule has 3 amide bonds. The fourth-order valence-corrected chi connectivity index (χ4v) is 3.00. The zero-order valence-corrected chi connectivity index (χ0v) is 14.9. The molecule has 7 nitrogen and oxygen atoms in total. The minimum Gasteiger partial charge on any atom is -0.454 e. The molecule has 136 valence electrons. The summed E-state index contributed by atoms with van der Waals surface area (Å²) < 4.78 is 10.6. The van der Waals surface area contributed by atoms with Gasteiger partial charge in [-0.1, -0.05) is 0 Å². The van der Waals surface area contributed by atoms with Crippen molar-refractivity contribution < 1.29 is 19.1 Å². The van der Waals surface area contributed by atoms with E-state index in [1.165, 1.54) is 0 Å². The smallest absolute Gasteiger partial charge is 0.315 e. The molecule has 0 atom stereocenters. The highest BCUT2D eigenvalue weighted by atomic mass is 16.7. The number of hydrogen-bond donors (Lipinski definition) is 2. The van der Waals surface area contributed by atoms with E-state index in [0.29, 0.717) is 30.2 Å². The lowest BCUT2D eigenvalue weighted by molar-refractivity contribution is 0.0707. The molecule has 1 fully saturated rings. The van der Waals surface area contributed by atoms with E-state index in [2.05, 4.69) is 10.6 Å². The SMILES string of the molecule is CC(C)(C)NC(=O)NC1CCN(C(=O)c2ccc3c(c2)OCO3)CC1. The summed E-state index contributed by atoms with van der Waals surface area (Å²) in [5.41, 5.74) is 0.334. The molecule has 2 heterocycles. The maximum absolute atomic E-state index is 12.6. The van der Waals surface area contributed by atoms with E-state index in [1.807, 2.05) is 25.7 Å². The summed E-state index contributed by atoms with van der Waals surface area (Å²) in [5.74, 6) is 1.27. The number of ether oxygens (including phenoxy) is 2. The third-order valence-corrected chi connectivity index (χ3v) is 4.23. The molecule has 1 saturated heterocycles. The minimum absolute atomic E-state index is 0.0177. The number of fused-ring (bicyclic) bond motifs is 1. The van der Waals surface area contributed by atoms with Crippen LogP contribution in [0.25, 0.3) is 0 Å². The molecule has 1 aromatic carbocycles. The van der Waals surface area contributed by atoms with E-state index in [1.54, 1.807) is 18.2 Å². The van der Waals surface area contributed by atoms with Crippen molar-refractivity contribution in [1.29, 1.82) is 0 Å². The van der Waals surface area contributed by atoms with Gasteiger partial charge in [-0.15, -0.1) is 0 Å². The number of hydrogen-bond acceptors (Lipinski definition) is 4. The number of nitrogens with one attached hydrogen (secondary N) is 2. The Labute approximate surface area is 147 Å². The lowest BCUT2D eigenvalue weighted by Crippen LogP contribution is -2.52. The quantitative estimate of drug-likeness (QED) is 0.859. The maximum atomic E-state index is 12.6. The average molecular weight is 347 g/mol. The highest BCUT2D eigenvalue weighted by Crippen LogP contribution is 2.33. The van der Waals surface area contributed by atoms with E-state index < -0.39 is 0 Å². The van der Waals surface area contributed by atoms with Crippen molar-refractivity contribution in [1.82, 2.24) is 15.5 Å². The first kappa shape index (κ1) is 17.4. The van der Waals surface area contributed by atoms with Gasteiger partial charge in [-0.2, -0.15) is 0 Å². The van der Waals surface area contributed by atoms with E-state index in [4.69, 9.17) is 9.47 Å². The number of piperidine rings is 1. The Morgan fingerprint density at radius 3 is 2.48 bits per heavy atom. The average Bonchev–Trinajstić information content (AvgIpc) is 3.00. The second-order valence-electron chi connectivity index (χ2n) is 7.48. The van der Waals surface area contributed by atoms with Gasteiger partial charge in [-0.25, -0.2) is 4.79 Å². The second kappa shape index (κ2) is 6.82. The zero-order valence-electron chi connectivity index (χ0n) is 14.9. The lowest BCUT2D eigenvalue weighted by Gasteiger charge is -2.33. The molecule has 2 aliphatic rings. The molecule has 25 heavy (non-hydrogen) atoms. The van der Waals surface area contributed by atoms with Crippen molar-refractivity contribution in [2.75, 3.05) is 19.9 Å². The zero-order chi connectivity index (χ0) is 18.0. The molecule has 0 spiro atoms. The van der Waals surface area contributed by atoms with Gasteiger partial charge in [0.1, 0.15) is 0 Å². The van der Waals surface area contributed by atoms with Crippen LogP contribution in [0.3, 0.4) is 0 Å². The van der Waals surface area contributed by atoms with Crippen LogP contribution in [-0.2, 0) is 0 Å². The summed E-state index contributed by atoms with van der Waals surface area (Å²) in [6.07, 6.45) is 1.49. The van der Waals surface area contributed by atoms with E-state index in [0.717, 1.165) is 12.8 Å². The summed E-state index contributed by atoms with van der Waals surface area (Å²) in [4.78, 5) is 26.4. The molecular weight excluding hydrogens is 322 g/mol. The molecule has 0 radical (unpaired) electrons. The van der Waals surface area contributed by atoms with Gasteiger partial charge < -0.3 is 25.0 Å². The maximum Gasteiger partial charge on any atom is 0.315 e. The molecular formula is C18H25N3O4. The van der Waals surface area contributed by atoms with Crippen LogP contribution in [0, 0.1) is 0 Å². The van der Waals surface area contributed by atoms with Crippen LogP contribution < -0.4 is 20.1 Å². The van der Waals surface area contributed by atoms with Crippen molar-refractivity contribution in [3.05, 3.63) is 23.8 Å². The van der Waals surface area contributed by atoms with Crippen molar-refractivity contribution >= 4 is 11.9 Å². The number of rotatable bonds is 2. The highest BCUT2D eigenvalue weighted by molar-refractivity contribution is 5.95. The van der Waals surface area contributed by atoms with Crippen molar-refractivity contribution in [2.24, 2.45) is 0 Å². The van der Waals surface area contributed by atoms with Crippen LogP contribution in [0.1, 0.15) is 44.0 Å². The molecule has 0 bridgehead atoms. The summed E-state index contributed by atoms with van der Waals surface area (Å²) in [7, 11) is 0. The van der Waals surface area contributed by atoms with Crippen LogP contribution in [0.4, 0.5) is 4.79 Å². The summed E-state index contributed by atoms with van der Waals surface area (Å²) in [6, 6.07) is 5.18.